The molecule has 204 valence electrons. The Bertz CT molecular complexity index is 1900. The van der Waals surface area contributed by atoms with E-state index in [4.69, 9.17) is 4.74 Å². The Morgan fingerprint density at radius 1 is 1.23 bits per heavy atom. The number of nitrogens with one attached hydrogen (secondary N) is 1. The van der Waals surface area contributed by atoms with Crippen molar-refractivity contribution >= 4 is 28.3 Å². The number of ether oxygens (including phenoxy) is 1. The second kappa shape index (κ2) is 9.06. The van der Waals surface area contributed by atoms with Gasteiger partial charge in [-0.2, -0.15) is 28.5 Å². The minimum absolute atomic E-state index is 0.0295. The highest BCUT2D eigenvalue weighted by Gasteiger charge is 2.36. The molecule has 0 unspecified atom stereocenters. The number of hydrogen-bond acceptors (Lipinski definition) is 8. The number of rotatable bonds is 5. The quantitative estimate of drug-likeness (QED) is 0.311. The van der Waals surface area contributed by atoms with E-state index < -0.39 is 40.9 Å². The molecule has 1 aliphatic rings. The minimum Gasteiger partial charge on any atom is -0.450 e. The zero-order chi connectivity index (χ0) is 28.3. The fraction of sp³-hybridized carbons (Fsp3) is 0.240. The summed E-state index contributed by atoms with van der Waals surface area (Å²) in [6, 6.07) is 4.79. The van der Waals surface area contributed by atoms with E-state index in [1.807, 2.05) is 6.07 Å². The molecule has 1 saturated carbocycles. The van der Waals surface area contributed by atoms with E-state index in [9.17, 15) is 32.7 Å². The van der Waals surface area contributed by atoms with Crippen molar-refractivity contribution in [2.75, 3.05) is 5.32 Å². The largest absolute Gasteiger partial charge is 0.450 e. The summed E-state index contributed by atoms with van der Waals surface area (Å²) in [5, 5.41) is 26.2. The highest BCUT2D eigenvalue weighted by Crippen LogP contribution is 2.36. The summed E-state index contributed by atoms with van der Waals surface area (Å²) in [5.74, 6) is -0.665. The van der Waals surface area contributed by atoms with E-state index in [0.29, 0.717) is 6.07 Å². The Hall–Kier alpha value is -4.97. The summed E-state index contributed by atoms with van der Waals surface area (Å²) < 4.78 is 64.7. The van der Waals surface area contributed by atoms with E-state index >= 15 is 0 Å². The van der Waals surface area contributed by atoms with Crippen LogP contribution >= 0.6 is 0 Å². The molecule has 5 heterocycles. The molecular weight excluding hydrogens is 536 g/mol. The maximum absolute atomic E-state index is 14.4. The van der Waals surface area contributed by atoms with Crippen molar-refractivity contribution in [3.05, 3.63) is 70.3 Å². The van der Waals surface area contributed by atoms with Gasteiger partial charge in [0.15, 0.2) is 23.0 Å². The number of nitrogens with zero attached hydrogens (tertiary/aromatic N) is 7. The molecule has 0 radical (unpaired) electrons. The van der Waals surface area contributed by atoms with E-state index in [1.54, 1.807) is 0 Å². The van der Waals surface area contributed by atoms with Crippen LogP contribution in [0, 0.1) is 17.1 Å². The number of anilines is 2. The van der Waals surface area contributed by atoms with Crippen molar-refractivity contribution in [2.45, 2.75) is 31.2 Å². The van der Waals surface area contributed by atoms with E-state index in [1.165, 1.54) is 46.9 Å². The standard InChI is InChI=1S/C25H18F4N8O3/c1-35-20-15(8-30)18(40-19-10-32-37-4-2-3-16(26)21(19)37)9-31-22(20)34-24(35)33-17-5-12(25(27,28)29)11-36(23(17)39)13-6-14(38)7-13/h2-5,9-11,13-14,38H,6-7H2,1H3,(H,31,33,34). The highest BCUT2D eigenvalue weighted by atomic mass is 19.4. The SMILES string of the molecule is Cn1c(Nc2cc(C(F)(F)F)cn(C3CC(O)C3)c2=O)nc2ncc(Oc3cnn4cccc(F)c34)c(C#N)c21. The monoisotopic (exact) mass is 554 g/mol. The third-order valence-corrected chi connectivity index (χ3v) is 6.75. The first-order valence-corrected chi connectivity index (χ1v) is 11.9. The minimum atomic E-state index is -4.74. The first-order valence-electron chi connectivity index (χ1n) is 11.9. The van der Waals surface area contributed by atoms with Gasteiger partial charge in [0.1, 0.15) is 28.4 Å². The lowest BCUT2D eigenvalue weighted by atomic mass is 9.89. The van der Waals surface area contributed by atoms with Crippen LogP contribution in [-0.2, 0) is 13.2 Å². The van der Waals surface area contributed by atoms with Crippen molar-refractivity contribution < 1.29 is 27.4 Å². The molecule has 6 rings (SSSR count). The Labute approximate surface area is 221 Å². The molecule has 5 aromatic rings. The molecule has 0 atom stereocenters. The molecule has 5 aromatic heterocycles. The fourth-order valence-corrected chi connectivity index (χ4v) is 4.64. The third kappa shape index (κ3) is 4.09. The van der Waals surface area contributed by atoms with Gasteiger partial charge in [-0.3, -0.25) is 4.79 Å². The number of imidazole rings is 1. The van der Waals surface area contributed by atoms with Crippen LogP contribution in [0.15, 0.2) is 47.8 Å². The van der Waals surface area contributed by atoms with Gasteiger partial charge in [-0.25, -0.2) is 13.9 Å². The van der Waals surface area contributed by atoms with Gasteiger partial charge in [0.2, 0.25) is 5.95 Å². The molecule has 40 heavy (non-hydrogen) atoms. The molecule has 0 aromatic carbocycles. The van der Waals surface area contributed by atoms with Crippen LogP contribution in [0.2, 0.25) is 0 Å². The molecule has 0 amide bonds. The van der Waals surface area contributed by atoms with Crippen molar-refractivity contribution in [3.63, 3.8) is 0 Å². The average Bonchev–Trinajstić information content (AvgIpc) is 3.44. The number of hydrogen-bond donors (Lipinski definition) is 2. The fourth-order valence-electron chi connectivity index (χ4n) is 4.64. The number of aromatic nitrogens is 6. The van der Waals surface area contributed by atoms with Gasteiger partial charge >= 0.3 is 6.18 Å². The maximum Gasteiger partial charge on any atom is 0.417 e. The Kier molecular flexibility index (Phi) is 5.73. The predicted molar refractivity (Wildman–Crippen MR) is 132 cm³/mol. The van der Waals surface area contributed by atoms with Crippen LogP contribution in [0.4, 0.5) is 29.2 Å². The number of aryl methyl sites for hydroxylation is 1. The van der Waals surface area contributed by atoms with Gasteiger partial charge in [-0.05, 0) is 31.0 Å². The normalized spacial score (nSPS) is 17.1. The first kappa shape index (κ1) is 25.3. The lowest BCUT2D eigenvalue weighted by Crippen LogP contribution is -2.37. The second-order valence-electron chi connectivity index (χ2n) is 9.29. The number of halogens is 4. The van der Waals surface area contributed by atoms with E-state index in [-0.39, 0.29) is 52.5 Å². The molecule has 1 fully saturated rings. The lowest BCUT2D eigenvalue weighted by molar-refractivity contribution is -0.138. The van der Waals surface area contributed by atoms with Gasteiger partial charge in [-0.1, -0.05) is 0 Å². The number of nitriles is 1. The second-order valence-corrected chi connectivity index (χ2v) is 9.29. The predicted octanol–water partition coefficient (Wildman–Crippen LogP) is 4.04. The smallest absolute Gasteiger partial charge is 0.417 e. The van der Waals surface area contributed by atoms with Crippen LogP contribution in [0.1, 0.15) is 30.0 Å². The van der Waals surface area contributed by atoms with Gasteiger partial charge in [0.25, 0.3) is 5.56 Å². The molecule has 15 heteroatoms. The summed E-state index contributed by atoms with van der Waals surface area (Å²) >= 11 is 0. The van der Waals surface area contributed by atoms with Gasteiger partial charge in [0.05, 0.1) is 24.1 Å². The number of pyridine rings is 3. The molecule has 2 N–H and O–H groups in total. The lowest BCUT2D eigenvalue weighted by Gasteiger charge is -2.33. The molecule has 11 nitrogen and oxygen atoms in total. The van der Waals surface area contributed by atoms with Gasteiger partial charge in [0, 0.05) is 25.5 Å². The number of aliphatic hydroxyl groups is 1. The van der Waals surface area contributed by atoms with Crippen LogP contribution in [-0.4, -0.2) is 39.9 Å². The summed E-state index contributed by atoms with van der Waals surface area (Å²) in [4.78, 5) is 21.5. The summed E-state index contributed by atoms with van der Waals surface area (Å²) in [5.41, 5.74) is -1.96. The van der Waals surface area contributed by atoms with Crippen LogP contribution in [0.25, 0.3) is 16.7 Å². The molecular formula is C25H18F4N8O3. The molecule has 0 spiro atoms. The summed E-state index contributed by atoms with van der Waals surface area (Å²) in [6.45, 7) is 0. The molecule has 0 saturated heterocycles. The zero-order valence-electron chi connectivity index (χ0n) is 20.5. The van der Waals surface area contributed by atoms with Crippen LogP contribution < -0.4 is 15.6 Å². The summed E-state index contributed by atoms with van der Waals surface area (Å²) in [7, 11) is 1.48. The van der Waals surface area contributed by atoms with Crippen molar-refractivity contribution in [1.29, 1.82) is 5.26 Å². The number of fused-ring (bicyclic) bond motifs is 2. The third-order valence-electron chi connectivity index (χ3n) is 6.75. The van der Waals surface area contributed by atoms with Crippen molar-refractivity contribution in [1.82, 2.24) is 28.7 Å². The molecule has 0 bridgehead atoms. The number of aliphatic hydroxyl groups excluding tert-OH is 1. The van der Waals surface area contributed by atoms with Gasteiger partial charge in [-0.15, -0.1) is 0 Å². The molecule has 1 aliphatic carbocycles. The Balaban J connectivity index is 1.41. The highest BCUT2D eigenvalue weighted by molar-refractivity contribution is 5.84. The average molecular weight is 554 g/mol. The van der Waals surface area contributed by atoms with E-state index in [2.05, 4.69) is 20.4 Å². The topological polar surface area (TPSA) is 135 Å². The molecule has 0 aliphatic heterocycles. The summed E-state index contributed by atoms with van der Waals surface area (Å²) in [6.07, 6.45) is -0.371. The first-order chi connectivity index (χ1) is 19.0. The number of alkyl halides is 3. The van der Waals surface area contributed by atoms with Crippen molar-refractivity contribution in [2.24, 2.45) is 7.05 Å². The Morgan fingerprint density at radius 3 is 2.70 bits per heavy atom. The van der Waals surface area contributed by atoms with Crippen LogP contribution in [0.3, 0.4) is 0 Å². The maximum atomic E-state index is 14.4. The Morgan fingerprint density at radius 2 is 2.00 bits per heavy atom. The van der Waals surface area contributed by atoms with E-state index in [0.717, 1.165) is 10.8 Å². The van der Waals surface area contributed by atoms with Crippen molar-refractivity contribution in [3.8, 4) is 17.6 Å². The van der Waals surface area contributed by atoms with Gasteiger partial charge < -0.3 is 24.3 Å². The van der Waals surface area contributed by atoms with Crippen LogP contribution in [0.5, 0.6) is 11.5 Å². The zero-order valence-corrected chi connectivity index (χ0v) is 20.5.